The highest BCUT2D eigenvalue weighted by Crippen LogP contribution is 2.26. The molecule has 116 valence electrons. The molecule has 1 fully saturated rings. The van der Waals surface area contributed by atoms with Crippen LogP contribution in [-0.4, -0.2) is 28.0 Å². The smallest absolute Gasteiger partial charge is 0.141 e. The number of nitrogens with zero attached hydrogens (tertiary/aromatic N) is 4. The number of halogens is 1. The molecule has 3 heterocycles. The number of aromatic nitrogens is 3. The largest absolute Gasteiger partial charge is 0.357 e. The van der Waals surface area contributed by atoms with E-state index in [9.17, 15) is 0 Å². The summed E-state index contributed by atoms with van der Waals surface area (Å²) in [7, 11) is 0. The molecule has 5 nitrogen and oxygen atoms in total. The van der Waals surface area contributed by atoms with E-state index in [2.05, 4.69) is 47.2 Å². The first-order valence-electron chi connectivity index (χ1n) is 7.68. The van der Waals surface area contributed by atoms with Crippen molar-refractivity contribution in [1.82, 2.24) is 15.0 Å². The lowest BCUT2D eigenvalue weighted by Crippen LogP contribution is -2.18. The van der Waals surface area contributed by atoms with Crippen molar-refractivity contribution in [3.05, 3.63) is 47.3 Å². The van der Waals surface area contributed by atoms with Gasteiger partial charge in [-0.1, -0.05) is 15.9 Å². The second-order valence-electron chi connectivity index (χ2n) is 5.61. The van der Waals surface area contributed by atoms with Gasteiger partial charge < -0.3 is 10.2 Å². The van der Waals surface area contributed by atoms with E-state index in [4.69, 9.17) is 0 Å². The fourth-order valence-corrected chi connectivity index (χ4v) is 3.22. The Bertz CT molecular complexity index is 828. The quantitative estimate of drug-likeness (QED) is 0.751. The molecule has 23 heavy (non-hydrogen) atoms. The first-order chi connectivity index (χ1) is 11.3. The van der Waals surface area contributed by atoms with Crippen LogP contribution in [-0.2, 0) is 0 Å². The molecule has 0 amide bonds. The van der Waals surface area contributed by atoms with E-state index in [1.54, 1.807) is 6.33 Å². The van der Waals surface area contributed by atoms with Crippen molar-refractivity contribution in [2.24, 2.45) is 0 Å². The molecule has 0 unspecified atom stereocenters. The van der Waals surface area contributed by atoms with E-state index in [-0.39, 0.29) is 0 Å². The van der Waals surface area contributed by atoms with Gasteiger partial charge in [-0.3, -0.25) is 0 Å². The molecular formula is C17H16BrN5. The fraction of sp³-hybridized carbons (Fsp3) is 0.235. The lowest BCUT2D eigenvalue weighted by Gasteiger charge is -2.16. The minimum Gasteiger partial charge on any atom is -0.357 e. The third kappa shape index (κ3) is 2.99. The zero-order chi connectivity index (χ0) is 15.6. The van der Waals surface area contributed by atoms with Crippen molar-refractivity contribution >= 4 is 44.2 Å². The first-order valence-corrected chi connectivity index (χ1v) is 8.47. The molecule has 1 aliphatic heterocycles. The summed E-state index contributed by atoms with van der Waals surface area (Å²) in [6.07, 6.45) is 5.94. The number of hydrogen-bond donors (Lipinski definition) is 1. The van der Waals surface area contributed by atoms with Gasteiger partial charge in [0.2, 0.25) is 0 Å². The minimum atomic E-state index is 0.784. The van der Waals surface area contributed by atoms with Gasteiger partial charge >= 0.3 is 0 Å². The number of benzene rings is 1. The Morgan fingerprint density at radius 2 is 1.87 bits per heavy atom. The van der Waals surface area contributed by atoms with Gasteiger partial charge in [0.25, 0.3) is 0 Å². The van der Waals surface area contributed by atoms with Gasteiger partial charge in [0, 0.05) is 22.9 Å². The van der Waals surface area contributed by atoms with Gasteiger partial charge in [-0.2, -0.15) is 0 Å². The molecule has 0 bridgehead atoms. The molecule has 0 radical (unpaired) electrons. The average Bonchev–Trinajstić information content (AvgIpc) is 3.11. The maximum absolute atomic E-state index is 4.57. The van der Waals surface area contributed by atoms with E-state index in [0.717, 1.165) is 45.8 Å². The van der Waals surface area contributed by atoms with Crippen LogP contribution in [0.2, 0.25) is 0 Å². The summed E-state index contributed by atoms with van der Waals surface area (Å²) in [4.78, 5) is 15.5. The van der Waals surface area contributed by atoms with Crippen LogP contribution >= 0.6 is 15.9 Å². The van der Waals surface area contributed by atoms with Crippen LogP contribution < -0.4 is 10.2 Å². The van der Waals surface area contributed by atoms with Crippen LogP contribution in [0.3, 0.4) is 0 Å². The predicted octanol–water partition coefficient (Wildman–Crippen LogP) is 4.13. The molecule has 1 saturated heterocycles. The summed E-state index contributed by atoms with van der Waals surface area (Å²) in [6, 6.07) is 10.1. The maximum atomic E-state index is 4.57. The number of rotatable bonds is 3. The third-order valence-electron chi connectivity index (χ3n) is 4.04. The molecule has 3 aromatic rings. The lowest BCUT2D eigenvalue weighted by atomic mass is 10.2. The molecule has 4 rings (SSSR count). The number of fused-ring (bicyclic) bond motifs is 1. The Morgan fingerprint density at radius 3 is 2.65 bits per heavy atom. The number of pyridine rings is 1. The Balaban J connectivity index is 1.61. The van der Waals surface area contributed by atoms with Crippen molar-refractivity contribution in [3.8, 4) is 0 Å². The van der Waals surface area contributed by atoms with Gasteiger partial charge in [0.1, 0.15) is 18.0 Å². The molecule has 0 atom stereocenters. The highest BCUT2D eigenvalue weighted by atomic mass is 79.9. The lowest BCUT2D eigenvalue weighted by molar-refractivity contribution is 0.938. The van der Waals surface area contributed by atoms with E-state index in [1.807, 2.05) is 30.5 Å². The van der Waals surface area contributed by atoms with Crippen LogP contribution in [0.25, 0.3) is 10.9 Å². The van der Waals surface area contributed by atoms with Crippen molar-refractivity contribution in [2.75, 3.05) is 23.3 Å². The normalized spacial score (nSPS) is 14.4. The number of nitrogens with one attached hydrogen (secondary N) is 1. The Kier molecular flexibility index (Phi) is 3.83. The molecule has 0 saturated carbocycles. The maximum Gasteiger partial charge on any atom is 0.141 e. The second kappa shape index (κ2) is 6.12. The summed E-state index contributed by atoms with van der Waals surface area (Å²) < 4.78 is 1.00. The summed E-state index contributed by atoms with van der Waals surface area (Å²) in [6.45, 7) is 2.20. The molecule has 2 aromatic heterocycles. The standard InChI is InChI=1S/C17H16BrN5/c18-12-3-5-15-14(9-12)17(21-11-20-15)22-13-4-6-16(19-10-13)23-7-1-2-8-23/h3-6,9-11H,1-2,7-8H2,(H,20,21,22). The Hall–Kier alpha value is -2.21. The zero-order valence-corrected chi connectivity index (χ0v) is 14.1. The van der Waals surface area contributed by atoms with Crippen LogP contribution in [0.15, 0.2) is 47.3 Å². The van der Waals surface area contributed by atoms with Crippen molar-refractivity contribution < 1.29 is 0 Å². The topological polar surface area (TPSA) is 53.9 Å². The van der Waals surface area contributed by atoms with Crippen molar-refractivity contribution in [3.63, 3.8) is 0 Å². The molecule has 0 spiro atoms. The molecule has 1 N–H and O–H groups in total. The van der Waals surface area contributed by atoms with Crippen LogP contribution in [0.4, 0.5) is 17.3 Å². The Morgan fingerprint density at radius 1 is 1.00 bits per heavy atom. The van der Waals surface area contributed by atoms with Gasteiger partial charge in [0.05, 0.1) is 17.4 Å². The van der Waals surface area contributed by atoms with Crippen LogP contribution in [0, 0.1) is 0 Å². The molecule has 6 heteroatoms. The van der Waals surface area contributed by atoms with Gasteiger partial charge in [-0.15, -0.1) is 0 Å². The van der Waals surface area contributed by atoms with Crippen LogP contribution in [0.5, 0.6) is 0 Å². The van der Waals surface area contributed by atoms with Gasteiger partial charge in [0.15, 0.2) is 0 Å². The van der Waals surface area contributed by atoms with Gasteiger partial charge in [-0.25, -0.2) is 15.0 Å². The summed E-state index contributed by atoms with van der Waals surface area (Å²) >= 11 is 3.50. The predicted molar refractivity (Wildman–Crippen MR) is 96.2 cm³/mol. The van der Waals surface area contributed by atoms with Crippen molar-refractivity contribution in [1.29, 1.82) is 0 Å². The SMILES string of the molecule is Brc1ccc2ncnc(Nc3ccc(N4CCCC4)nc3)c2c1. The van der Waals surface area contributed by atoms with Crippen molar-refractivity contribution in [2.45, 2.75) is 12.8 Å². The monoisotopic (exact) mass is 369 g/mol. The van der Waals surface area contributed by atoms with Gasteiger partial charge in [-0.05, 0) is 43.2 Å². The highest BCUT2D eigenvalue weighted by molar-refractivity contribution is 9.10. The Labute approximate surface area is 142 Å². The average molecular weight is 370 g/mol. The zero-order valence-electron chi connectivity index (χ0n) is 12.5. The summed E-state index contributed by atoms with van der Waals surface area (Å²) in [5.74, 6) is 1.83. The second-order valence-corrected chi connectivity index (χ2v) is 6.52. The summed E-state index contributed by atoms with van der Waals surface area (Å²) in [5.41, 5.74) is 1.83. The van der Waals surface area contributed by atoms with E-state index in [1.165, 1.54) is 12.8 Å². The van der Waals surface area contributed by atoms with E-state index < -0.39 is 0 Å². The fourth-order valence-electron chi connectivity index (χ4n) is 2.86. The van der Waals surface area contributed by atoms with E-state index >= 15 is 0 Å². The number of hydrogen-bond acceptors (Lipinski definition) is 5. The first kappa shape index (κ1) is 14.4. The molecule has 1 aliphatic rings. The molecular weight excluding hydrogens is 354 g/mol. The van der Waals surface area contributed by atoms with E-state index in [0.29, 0.717) is 0 Å². The number of anilines is 3. The molecule has 1 aromatic carbocycles. The highest BCUT2D eigenvalue weighted by Gasteiger charge is 2.13. The minimum absolute atomic E-state index is 0.784. The van der Waals surface area contributed by atoms with Crippen LogP contribution in [0.1, 0.15) is 12.8 Å². The molecule has 0 aliphatic carbocycles. The summed E-state index contributed by atoms with van der Waals surface area (Å²) in [5, 5.41) is 4.32. The third-order valence-corrected chi connectivity index (χ3v) is 4.53.